The van der Waals surface area contributed by atoms with Crippen molar-refractivity contribution in [2.75, 3.05) is 6.61 Å². The third-order valence-corrected chi connectivity index (χ3v) is 8.47. The predicted molar refractivity (Wildman–Crippen MR) is 88.0 cm³/mol. The number of phenols is 1. The van der Waals surface area contributed by atoms with Crippen LogP contribution >= 0.6 is 0 Å². The van der Waals surface area contributed by atoms with Crippen LogP contribution in [0.3, 0.4) is 0 Å². The zero-order chi connectivity index (χ0) is 17.1. The van der Waals surface area contributed by atoms with E-state index in [9.17, 15) is 15.2 Å². The summed E-state index contributed by atoms with van der Waals surface area (Å²) < 4.78 is 11.6. The molecule has 0 aliphatic heterocycles. The van der Waals surface area contributed by atoms with Crippen LogP contribution in [0.15, 0.2) is 18.2 Å². The highest BCUT2D eigenvalue weighted by atomic mass is 28.4. The Morgan fingerprint density at radius 2 is 1.95 bits per heavy atom. The molecule has 6 nitrogen and oxygen atoms in total. The van der Waals surface area contributed by atoms with Crippen molar-refractivity contribution in [2.45, 2.75) is 51.9 Å². The van der Waals surface area contributed by atoms with Crippen LogP contribution in [-0.2, 0) is 4.43 Å². The second-order valence-corrected chi connectivity index (χ2v) is 11.7. The standard InChI is InChI=1S/C15H25NO5Si/c1-11(10-20-22(5,6)15(2,3)4)21-14-9-12(16(18)19)7-8-13(14)17/h7-9,11,17H,10H2,1-6H3/t11-/m0/s1. The van der Waals surface area contributed by atoms with Gasteiger partial charge in [0.15, 0.2) is 19.8 Å². The van der Waals surface area contributed by atoms with E-state index in [1.165, 1.54) is 18.2 Å². The van der Waals surface area contributed by atoms with Crippen LogP contribution in [0, 0.1) is 10.1 Å². The van der Waals surface area contributed by atoms with E-state index in [1.54, 1.807) is 0 Å². The SMILES string of the molecule is C[C@@H](CO[Si](C)(C)C(C)(C)C)Oc1cc([N+](=O)[O-])ccc1O. The van der Waals surface area contributed by atoms with E-state index in [2.05, 4.69) is 33.9 Å². The van der Waals surface area contributed by atoms with Gasteiger partial charge in [-0.3, -0.25) is 10.1 Å². The van der Waals surface area contributed by atoms with Gasteiger partial charge in [0.05, 0.1) is 17.6 Å². The van der Waals surface area contributed by atoms with Gasteiger partial charge in [-0.05, 0) is 31.1 Å². The maximum absolute atomic E-state index is 10.8. The quantitative estimate of drug-likeness (QED) is 0.483. The number of rotatable bonds is 6. The first-order valence-corrected chi connectivity index (χ1v) is 10.1. The van der Waals surface area contributed by atoms with E-state index in [4.69, 9.17) is 9.16 Å². The molecular weight excluding hydrogens is 302 g/mol. The molecule has 0 heterocycles. The summed E-state index contributed by atoms with van der Waals surface area (Å²) in [5.74, 6) is -0.0229. The van der Waals surface area contributed by atoms with Gasteiger partial charge in [-0.2, -0.15) is 0 Å². The third kappa shape index (κ3) is 4.71. The van der Waals surface area contributed by atoms with Crippen LogP contribution in [-0.4, -0.2) is 31.1 Å². The van der Waals surface area contributed by atoms with Gasteiger partial charge in [0, 0.05) is 6.07 Å². The van der Waals surface area contributed by atoms with Gasteiger partial charge in [0.25, 0.3) is 5.69 Å². The van der Waals surface area contributed by atoms with Crippen LogP contribution < -0.4 is 4.74 Å². The number of phenolic OH excluding ortho intramolecular Hbond substituents is 1. The number of nitro benzene ring substituents is 1. The van der Waals surface area contributed by atoms with Crippen molar-refractivity contribution in [3.8, 4) is 11.5 Å². The molecule has 0 fully saturated rings. The average Bonchev–Trinajstić information content (AvgIpc) is 2.37. The normalized spacial score (nSPS) is 13.7. The molecule has 0 aromatic heterocycles. The molecule has 1 atom stereocenters. The monoisotopic (exact) mass is 327 g/mol. The van der Waals surface area contributed by atoms with Crippen molar-refractivity contribution in [3.05, 3.63) is 28.3 Å². The van der Waals surface area contributed by atoms with Gasteiger partial charge in [0.2, 0.25) is 0 Å². The Kier molecular flexibility index (Phi) is 5.58. The fraction of sp³-hybridized carbons (Fsp3) is 0.600. The molecule has 1 aromatic rings. The molecule has 1 aromatic carbocycles. The first-order valence-electron chi connectivity index (χ1n) is 7.22. The highest BCUT2D eigenvalue weighted by molar-refractivity contribution is 6.74. The van der Waals surface area contributed by atoms with Gasteiger partial charge in [0.1, 0.15) is 6.10 Å². The van der Waals surface area contributed by atoms with Crippen molar-refractivity contribution < 1.29 is 19.2 Å². The lowest BCUT2D eigenvalue weighted by molar-refractivity contribution is -0.385. The molecule has 22 heavy (non-hydrogen) atoms. The number of ether oxygens (including phenoxy) is 1. The van der Waals surface area contributed by atoms with E-state index in [0.717, 1.165) is 0 Å². The van der Waals surface area contributed by atoms with Gasteiger partial charge < -0.3 is 14.3 Å². The van der Waals surface area contributed by atoms with Crippen molar-refractivity contribution >= 4 is 14.0 Å². The molecule has 0 saturated carbocycles. The molecule has 0 spiro atoms. The van der Waals surface area contributed by atoms with E-state index in [0.29, 0.717) is 6.61 Å². The summed E-state index contributed by atoms with van der Waals surface area (Å²) in [5, 5.41) is 20.6. The number of aromatic hydroxyl groups is 1. The van der Waals surface area contributed by atoms with E-state index < -0.39 is 13.2 Å². The number of non-ortho nitro benzene ring substituents is 1. The molecule has 0 aliphatic rings. The summed E-state index contributed by atoms with van der Waals surface area (Å²) in [6, 6.07) is 3.71. The van der Waals surface area contributed by atoms with Crippen molar-refractivity contribution in [1.29, 1.82) is 0 Å². The Labute approximate surface area is 132 Å². The molecule has 0 bridgehead atoms. The summed E-state index contributed by atoms with van der Waals surface area (Å²) in [5.41, 5.74) is -0.120. The maximum Gasteiger partial charge on any atom is 0.273 e. The van der Waals surface area contributed by atoms with E-state index in [-0.39, 0.29) is 28.3 Å². The van der Waals surface area contributed by atoms with Gasteiger partial charge in [-0.1, -0.05) is 20.8 Å². The summed E-state index contributed by atoms with van der Waals surface area (Å²) >= 11 is 0. The van der Waals surface area contributed by atoms with Gasteiger partial charge >= 0.3 is 0 Å². The molecular formula is C15H25NO5Si. The summed E-state index contributed by atoms with van der Waals surface area (Å²) in [7, 11) is -1.88. The predicted octanol–water partition coefficient (Wildman–Crippen LogP) is 4.09. The molecule has 0 saturated heterocycles. The average molecular weight is 327 g/mol. The van der Waals surface area contributed by atoms with E-state index >= 15 is 0 Å². The Bertz CT molecular complexity index is 539. The second kappa shape index (κ2) is 6.66. The minimum Gasteiger partial charge on any atom is -0.504 e. The molecule has 0 aliphatic carbocycles. The maximum atomic E-state index is 10.8. The number of nitrogens with zero attached hydrogens (tertiary/aromatic N) is 1. The highest BCUT2D eigenvalue weighted by Crippen LogP contribution is 2.37. The van der Waals surface area contributed by atoms with Crippen molar-refractivity contribution in [2.24, 2.45) is 0 Å². The minimum absolute atomic E-state index is 0.0976. The van der Waals surface area contributed by atoms with Gasteiger partial charge in [-0.15, -0.1) is 0 Å². The van der Waals surface area contributed by atoms with Crippen LogP contribution in [0.2, 0.25) is 18.1 Å². The van der Waals surface area contributed by atoms with Gasteiger partial charge in [-0.25, -0.2) is 0 Å². The lowest BCUT2D eigenvalue weighted by Gasteiger charge is -2.36. The number of nitro groups is 1. The Morgan fingerprint density at radius 1 is 1.36 bits per heavy atom. The van der Waals surface area contributed by atoms with Crippen LogP contribution in [0.5, 0.6) is 11.5 Å². The lowest BCUT2D eigenvalue weighted by Crippen LogP contribution is -2.43. The molecule has 7 heteroatoms. The third-order valence-electron chi connectivity index (χ3n) is 3.97. The van der Waals surface area contributed by atoms with Crippen LogP contribution in [0.25, 0.3) is 0 Å². The summed E-state index contributed by atoms with van der Waals surface area (Å²) in [6.45, 7) is 12.9. The highest BCUT2D eigenvalue weighted by Gasteiger charge is 2.37. The smallest absolute Gasteiger partial charge is 0.273 e. The molecule has 1 N–H and O–H groups in total. The zero-order valence-corrected chi connectivity index (χ0v) is 15.0. The Balaban J connectivity index is 2.72. The first kappa shape index (κ1) is 18.4. The minimum atomic E-state index is -1.88. The molecule has 0 amide bonds. The fourth-order valence-corrected chi connectivity index (χ4v) is 2.59. The molecule has 124 valence electrons. The first-order chi connectivity index (χ1) is 9.94. The van der Waals surface area contributed by atoms with Crippen LogP contribution in [0.1, 0.15) is 27.7 Å². The Hall–Kier alpha value is -1.60. The molecule has 0 radical (unpaired) electrons. The zero-order valence-electron chi connectivity index (χ0n) is 14.0. The van der Waals surface area contributed by atoms with Crippen molar-refractivity contribution in [3.63, 3.8) is 0 Å². The van der Waals surface area contributed by atoms with Crippen LogP contribution in [0.4, 0.5) is 5.69 Å². The number of hydrogen-bond acceptors (Lipinski definition) is 5. The topological polar surface area (TPSA) is 81.8 Å². The Morgan fingerprint density at radius 3 is 2.45 bits per heavy atom. The second-order valence-electron chi connectivity index (χ2n) is 6.91. The number of hydrogen-bond donors (Lipinski definition) is 1. The lowest BCUT2D eigenvalue weighted by atomic mass is 10.2. The van der Waals surface area contributed by atoms with Crippen molar-refractivity contribution in [1.82, 2.24) is 0 Å². The largest absolute Gasteiger partial charge is 0.504 e. The molecule has 0 unspecified atom stereocenters. The molecule has 1 rings (SSSR count). The summed E-state index contributed by atoms with van der Waals surface area (Å²) in [4.78, 5) is 10.2. The summed E-state index contributed by atoms with van der Waals surface area (Å²) in [6.07, 6.45) is -0.318. The van der Waals surface area contributed by atoms with E-state index in [1.807, 2.05) is 6.92 Å². The number of benzene rings is 1. The fourth-order valence-electron chi connectivity index (χ4n) is 1.50.